The minimum Gasteiger partial charge on any atom is -0.369 e. The van der Waals surface area contributed by atoms with E-state index in [1.165, 1.54) is 4.31 Å². The maximum Gasteiger partial charge on any atom is 0.243 e. The SMILES string of the molecule is Cc1ccc(S(=O)(=O)N2CCN(c3ccc(C#N)cc3)CC2)cc1. The molecule has 0 N–H and O–H groups in total. The molecule has 1 aliphatic heterocycles. The van der Waals surface area contributed by atoms with Crippen LogP contribution < -0.4 is 4.90 Å². The Bertz CT molecular complexity index is 845. The summed E-state index contributed by atoms with van der Waals surface area (Å²) in [5, 5.41) is 8.85. The van der Waals surface area contributed by atoms with Gasteiger partial charge in [0.15, 0.2) is 0 Å². The summed E-state index contributed by atoms with van der Waals surface area (Å²) in [6, 6.07) is 16.4. The fourth-order valence-corrected chi connectivity index (χ4v) is 4.21. The van der Waals surface area contributed by atoms with Gasteiger partial charge < -0.3 is 4.90 Å². The lowest BCUT2D eigenvalue weighted by molar-refractivity contribution is 0.385. The number of sulfonamides is 1. The first-order valence-corrected chi connectivity index (χ1v) is 9.26. The van der Waals surface area contributed by atoms with Crippen molar-refractivity contribution in [3.63, 3.8) is 0 Å². The van der Waals surface area contributed by atoms with E-state index in [-0.39, 0.29) is 0 Å². The predicted octanol–water partition coefficient (Wildman–Crippen LogP) is 2.38. The second-order valence-electron chi connectivity index (χ2n) is 5.86. The third kappa shape index (κ3) is 3.28. The van der Waals surface area contributed by atoms with Crippen LogP contribution in [0.1, 0.15) is 11.1 Å². The molecule has 1 aliphatic rings. The van der Waals surface area contributed by atoms with Crippen LogP contribution in [0.5, 0.6) is 0 Å². The van der Waals surface area contributed by atoms with E-state index in [0.717, 1.165) is 11.3 Å². The van der Waals surface area contributed by atoms with Gasteiger partial charge in [0.1, 0.15) is 0 Å². The molecule has 0 saturated carbocycles. The molecule has 2 aromatic carbocycles. The zero-order chi connectivity index (χ0) is 17.2. The van der Waals surface area contributed by atoms with Gasteiger partial charge in [0.2, 0.25) is 10.0 Å². The van der Waals surface area contributed by atoms with Crippen molar-refractivity contribution in [2.45, 2.75) is 11.8 Å². The molecule has 124 valence electrons. The molecule has 0 radical (unpaired) electrons. The number of hydrogen-bond acceptors (Lipinski definition) is 4. The molecule has 1 fully saturated rings. The molecule has 6 heteroatoms. The molecule has 0 unspecified atom stereocenters. The first kappa shape index (κ1) is 16.5. The van der Waals surface area contributed by atoms with Gasteiger partial charge in [-0.05, 0) is 43.3 Å². The topological polar surface area (TPSA) is 64.4 Å². The Morgan fingerprint density at radius 3 is 2.04 bits per heavy atom. The van der Waals surface area contributed by atoms with Crippen molar-refractivity contribution < 1.29 is 8.42 Å². The number of rotatable bonds is 3. The van der Waals surface area contributed by atoms with Gasteiger partial charge in [-0.15, -0.1) is 0 Å². The zero-order valence-electron chi connectivity index (χ0n) is 13.5. The summed E-state index contributed by atoms with van der Waals surface area (Å²) in [7, 11) is -3.43. The first-order valence-electron chi connectivity index (χ1n) is 7.82. The minimum atomic E-state index is -3.43. The number of nitriles is 1. The summed E-state index contributed by atoms with van der Waals surface area (Å²) in [4.78, 5) is 2.49. The monoisotopic (exact) mass is 341 g/mol. The summed E-state index contributed by atoms with van der Waals surface area (Å²) in [6.07, 6.45) is 0. The van der Waals surface area contributed by atoms with Gasteiger partial charge in [-0.2, -0.15) is 9.57 Å². The first-order chi connectivity index (χ1) is 11.5. The van der Waals surface area contributed by atoms with E-state index < -0.39 is 10.0 Å². The molecule has 1 heterocycles. The maximum absolute atomic E-state index is 12.7. The van der Waals surface area contributed by atoms with Crippen LogP contribution in [0.4, 0.5) is 5.69 Å². The number of anilines is 1. The van der Waals surface area contributed by atoms with E-state index in [1.807, 2.05) is 31.2 Å². The molecule has 0 aromatic heterocycles. The van der Waals surface area contributed by atoms with E-state index in [1.54, 1.807) is 24.3 Å². The summed E-state index contributed by atoms with van der Waals surface area (Å²) in [5.41, 5.74) is 2.68. The summed E-state index contributed by atoms with van der Waals surface area (Å²) >= 11 is 0. The fourth-order valence-electron chi connectivity index (χ4n) is 2.79. The quantitative estimate of drug-likeness (QED) is 0.860. The number of piperazine rings is 1. The maximum atomic E-state index is 12.7. The second kappa shape index (κ2) is 6.63. The van der Waals surface area contributed by atoms with Crippen LogP contribution in [-0.2, 0) is 10.0 Å². The van der Waals surface area contributed by atoms with E-state index >= 15 is 0 Å². The highest BCUT2D eigenvalue weighted by Gasteiger charge is 2.28. The fraction of sp³-hybridized carbons (Fsp3) is 0.278. The van der Waals surface area contributed by atoms with E-state index in [0.29, 0.717) is 36.6 Å². The highest BCUT2D eigenvalue weighted by molar-refractivity contribution is 7.89. The zero-order valence-corrected chi connectivity index (χ0v) is 14.3. The smallest absolute Gasteiger partial charge is 0.243 e. The lowest BCUT2D eigenvalue weighted by Crippen LogP contribution is -2.48. The minimum absolute atomic E-state index is 0.347. The highest BCUT2D eigenvalue weighted by atomic mass is 32.2. The van der Waals surface area contributed by atoms with Gasteiger partial charge in [-0.3, -0.25) is 0 Å². The second-order valence-corrected chi connectivity index (χ2v) is 7.80. The molecule has 0 bridgehead atoms. The van der Waals surface area contributed by atoms with Crippen molar-refractivity contribution >= 4 is 15.7 Å². The molecule has 0 atom stereocenters. The molecule has 0 amide bonds. The van der Waals surface area contributed by atoms with E-state index in [2.05, 4.69) is 11.0 Å². The predicted molar refractivity (Wildman–Crippen MR) is 93.3 cm³/mol. The largest absolute Gasteiger partial charge is 0.369 e. The van der Waals surface area contributed by atoms with Crippen LogP contribution in [0.3, 0.4) is 0 Å². The Morgan fingerprint density at radius 1 is 0.917 bits per heavy atom. The number of hydrogen-bond donors (Lipinski definition) is 0. The Kier molecular flexibility index (Phi) is 4.56. The van der Waals surface area contributed by atoms with Crippen molar-refractivity contribution in [3.8, 4) is 6.07 Å². The van der Waals surface area contributed by atoms with Crippen molar-refractivity contribution in [1.82, 2.24) is 4.31 Å². The van der Waals surface area contributed by atoms with Crippen LogP contribution in [0.2, 0.25) is 0 Å². The third-order valence-corrected chi connectivity index (χ3v) is 6.17. The van der Waals surface area contributed by atoms with Crippen molar-refractivity contribution in [3.05, 3.63) is 59.7 Å². The Hall–Kier alpha value is -2.36. The molecule has 3 rings (SSSR count). The summed E-state index contributed by atoms with van der Waals surface area (Å²) in [5.74, 6) is 0. The molecule has 2 aromatic rings. The standard InChI is InChI=1S/C18H19N3O2S/c1-15-2-8-18(9-3-15)24(22,23)21-12-10-20(11-13-21)17-6-4-16(14-19)5-7-17/h2-9H,10-13H2,1H3. The van der Waals surface area contributed by atoms with Crippen LogP contribution in [0, 0.1) is 18.3 Å². The molecular formula is C18H19N3O2S. The van der Waals surface area contributed by atoms with Crippen LogP contribution in [-0.4, -0.2) is 38.9 Å². The van der Waals surface area contributed by atoms with Crippen molar-refractivity contribution in [1.29, 1.82) is 5.26 Å². The molecular weight excluding hydrogens is 322 g/mol. The Morgan fingerprint density at radius 2 is 1.50 bits per heavy atom. The van der Waals surface area contributed by atoms with Crippen LogP contribution in [0.25, 0.3) is 0 Å². The normalized spacial score (nSPS) is 15.9. The van der Waals surface area contributed by atoms with Crippen molar-refractivity contribution in [2.24, 2.45) is 0 Å². The average molecular weight is 341 g/mol. The van der Waals surface area contributed by atoms with E-state index in [4.69, 9.17) is 5.26 Å². The summed E-state index contributed by atoms with van der Waals surface area (Å²) < 4.78 is 26.9. The lowest BCUT2D eigenvalue weighted by atomic mass is 10.2. The van der Waals surface area contributed by atoms with Crippen LogP contribution >= 0.6 is 0 Å². The average Bonchev–Trinajstić information content (AvgIpc) is 2.62. The molecule has 0 aliphatic carbocycles. The number of nitrogens with zero attached hydrogens (tertiary/aromatic N) is 3. The molecule has 0 spiro atoms. The molecule has 1 saturated heterocycles. The van der Waals surface area contributed by atoms with Gasteiger partial charge >= 0.3 is 0 Å². The van der Waals surface area contributed by atoms with Gasteiger partial charge in [-0.25, -0.2) is 8.42 Å². The van der Waals surface area contributed by atoms with Gasteiger partial charge in [0.25, 0.3) is 0 Å². The third-order valence-electron chi connectivity index (χ3n) is 4.26. The Labute approximate surface area is 142 Å². The van der Waals surface area contributed by atoms with E-state index in [9.17, 15) is 8.42 Å². The van der Waals surface area contributed by atoms with Gasteiger partial charge in [0.05, 0.1) is 16.5 Å². The van der Waals surface area contributed by atoms with Gasteiger partial charge in [0, 0.05) is 31.9 Å². The van der Waals surface area contributed by atoms with Crippen molar-refractivity contribution in [2.75, 3.05) is 31.1 Å². The lowest BCUT2D eigenvalue weighted by Gasteiger charge is -2.35. The summed E-state index contributed by atoms with van der Waals surface area (Å²) in [6.45, 7) is 4.12. The van der Waals surface area contributed by atoms with Crippen LogP contribution in [0.15, 0.2) is 53.4 Å². The number of aryl methyl sites for hydroxylation is 1. The highest BCUT2D eigenvalue weighted by Crippen LogP contribution is 2.21. The number of benzene rings is 2. The molecule has 24 heavy (non-hydrogen) atoms. The molecule has 5 nitrogen and oxygen atoms in total. The Balaban J connectivity index is 1.70. The van der Waals surface area contributed by atoms with Gasteiger partial charge in [-0.1, -0.05) is 17.7 Å².